The Kier molecular flexibility index (Phi) is 5.31. The Bertz CT molecular complexity index is 696. The number of hydrogen-bond donors (Lipinski definition) is 1. The fourth-order valence-corrected chi connectivity index (χ4v) is 3.49. The number of nitrogens with one attached hydrogen (secondary N) is 1. The highest BCUT2D eigenvalue weighted by Crippen LogP contribution is 2.27. The van der Waals surface area contributed by atoms with E-state index in [1.54, 1.807) is 6.92 Å². The molecule has 2 aromatic rings. The summed E-state index contributed by atoms with van der Waals surface area (Å²) in [6.07, 6.45) is 2.18. The van der Waals surface area contributed by atoms with Gasteiger partial charge in [0.15, 0.2) is 0 Å². The SMILES string of the molecule is CC(=O)Nc1cccc2c1CCN(CCC(C)c1ccccc1)C2. The van der Waals surface area contributed by atoms with Crippen molar-refractivity contribution in [3.8, 4) is 0 Å². The maximum Gasteiger partial charge on any atom is 0.221 e. The Morgan fingerprint density at radius 3 is 2.71 bits per heavy atom. The topological polar surface area (TPSA) is 32.3 Å². The molecular formula is C21H26N2O. The minimum Gasteiger partial charge on any atom is -0.326 e. The molecule has 1 unspecified atom stereocenters. The largest absolute Gasteiger partial charge is 0.326 e. The van der Waals surface area contributed by atoms with Crippen LogP contribution in [0.4, 0.5) is 5.69 Å². The molecule has 1 aliphatic rings. The van der Waals surface area contributed by atoms with Crippen LogP contribution in [-0.4, -0.2) is 23.9 Å². The van der Waals surface area contributed by atoms with Gasteiger partial charge in [-0.05, 0) is 48.1 Å². The Morgan fingerprint density at radius 1 is 1.17 bits per heavy atom. The lowest BCUT2D eigenvalue weighted by molar-refractivity contribution is -0.114. The minimum absolute atomic E-state index is 0.00233. The molecule has 0 saturated carbocycles. The van der Waals surface area contributed by atoms with Gasteiger partial charge < -0.3 is 5.32 Å². The zero-order chi connectivity index (χ0) is 16.9. The number of anilines is 1. The number of carbonyl (C=O) groups excluding carboxylic acids is 1. The van der Waals surface area contributed by atoms with E-state index in [9.17, 15) is 4.79 Å². The first-order chi connectivity index (χ1) is 11.6. The van der Waals surface area contributed by atoms with Gasteiger partial charge >= 0.3 is 0 Å². The summed E-state index contributed by atoms with van der Waals surface area (Å²) in [6.45, 7) is 7.02. The van der Waals surface area contributed by atoms with Crippen molar-refractivity contribution in [1.82, 2.24) is 4.90 Å². The summed E-state index contributed by atoms with van der Waals surface area (Å²) < 4.78 is 0. The second kappa shape index (κ2) is 7.63. The highest BCUT2D eigenvalue weighted by Gasteiger charge is 2.19. The van der Waals surface area contributed by atoms with Crippen molar-refractivity contribution in [1.29, 1.82) is 0 Å². The Hall–Kier alpha value is -2.13. The van der Waals surface area contributed by atoms with Crippen LogP contribution in [0.3, 0.4) is 0 Å². The molecule has 0 radical (unpaired) electrons. The third-order valence-electron chi connectivity index (χ3n) is 4.90. The fourth-order valence-electron chi connectivity index (χ4n) is 3.49. The Morgan fingerprint density at radius 2 is 1.96 bits per heavy atom. The quantitative estimate of drug-likeness (QED) is 0.895. The molecule has 0 aromatic heterocycles. The number of hydrogen-bond acceptors (Lipinski definition) is 2. The van der Waals surface area contributed by atoms with Gasteiger partial charge in [-0.2, -0.15) is 0 Å². The molecule has 1 aliphatic heterocycles. The molecule has 0 spiro atoms. The third-order valence-corrected chi connectivity index (χ3v) is 4.90. The van der Waals surface area contributed by atoms with Crippen LogP contribution in [0.15, 0.2) is 48.5 Å². The van der Waals surface area contributed by atoms with Crippen molar-refractivity contribution >= 4 is 11.6 Å². The van der Waals surface area contributed by atoms with Crippen LogP contribution in [0.1, 0.15) is 42.9 Å². The maximum atomic E-state index is 11.4. The van der Waals surface area contributed by atoms with E-state index in [2.05, 4.69) is 53.5 Å². The number of benzene rings is 2. The first kappa shape index (κ1) is 16.7. The number of rotatable bonds is 5. The summed E-state index contributed by atoms with van der Waals surface area (Å²) in [5.41, 5.74) is 5.06. The van der Waals surface area contributed by atoms with E-state index in [0.29, 0.717) is 5.92 Å². The number of nitrogens with zero attached hydrogens (tertiary/aromatic N) is 1. The summed E-state index contributed by atoms with van der Waals surface area (Å²) in [6, 6.07) is 17.0. The van der Waals surface area contributed by atoms with E-state index in [1.165, 1.54) is 23.1 Å². The molecule has 2 aromatic carbocycles. The van der Waals surface area contributed by atoms with Gasteiger partial charge in [0.1, 0.15) is 0 Å². The summed E-state index contributed by atoms with van der Waals surface area (Å²) in [7, 11) is 0. The predicted molar refractivity (Wildman–Crippen MR) is 99.2 cm³/mol. The molecule has 3 nitrogen and oxygen atoms in total. The molecule has 0 bridgehead atoms. The van der Waals surface area contributed by atoms with E-state index in [0.717, 1.165) is 31.7 Å². The predicted octanol–water partition coefficient (Wildman–Crippen LogP) is 4.20. The van der Waals surface area contributed by atoms with Gasteiger partial charge in [0.2, 0.25) is 5.91 Å². The molecule has 3 rings (SSSR count). The van der Waals surface area contributed by atoms with Crippen LogP contribution in [0, 0.1) is 0 Å². The first-order valence-corrected chi connectivity index (χ1v) is 8.79. The van der Waals surface area contributed by atoms with E-state index in [1.807, 2.05) is 12.1 Å². The van der Waals surface area contributed by atoms with E-state index < -0.39 is 0 Å². The van der Waals surface area contributed by atoms with Gasteiger partial charge in [-0.25, -0.2) is 0 Å². The number of fused-ring (bicyclic) bond motifs is 1. The highest BCUT2D eigenvalue weighted by molar-refractivity contribution is 5.89. The van der Waals surface area contributed by atoms with Crippen molar-refractivity contribution in [2.24, 2.45) is 0 Å². The van der Waals surface area contributed by atoms with Crippen LogP contribution in [0.5, 0.6) is 0 Å². The van der Waals surface area contributed by atoms with Gasteiger partial charge in [0.25, 0.3) is 0 Å². The average molecular weight is 322 g/mol. The normalized spacial score (nSPS) is 15.6. The minimum atomic E-state index is 0.00233. The molecule has 3 heteroatoms. The summed E-state index contributed by atoms with van der Waals surface area (Å²) in [5, 5.41) is 2.96. The molecule has 126 valence electrons. The highest BCUT2D eigenvalue weighted by atomic mass is 16.1. The lowest BCUT2D eigenvalue weighted by Crippen LogP contribution is -2.32. The fraction of sp³-hybridized carbons (Fsp3) is 0.381. The average Bonchev–Trinajstić information content (AvgIpc) is 2.60. The van der Waals surface area contributed by atoms with Crippen molar-refractivity contribution < 1.29 is 4.79 Å². The second-order valence-electron chi connectivity index (χ2n) is 6.75. The van der Waals surface area contributed by atoms with Gasteiger partial charge in [0.05, 0.1) is 0 Å². The van der Waals surface area contributed by atoms with Gasteiger partial charge in [0, 0.05) is 25.7 Å². The van der Waals surface area contributed by atoms with Crippen LogP contribution >= 0.6 is 0 Å². The van der Waals surface area contributed by atoms with Crippen molar-refractivity contribution in [3.63, 3.8) is 0 Å². The molecule has 24 heavy (non-hydrogen) atoms. The molecular weight excluding hydrogens is 296 g/mol. The molecule has 1 N–H and O–H groups in total. The number of amides is 1. The monoisotopic (exact) mass is 322 g/mol. The van der Waals surface area contributed by atoms with E-state index in [-0.39, 0.29) is 5.91 Å². The van der Waals surface area contributed by atoms with E-state index >= 15 is 0 Å². The van der Waals surface area contributed by atoms with Crippen LogP contribution in [-0.2, 0) is 17.8 Å². The van der Waals surface area contributed by atoms with Crippen molar-refractivity contribution in [2.45, 2.75) is 39.2 Å². The summed E-state index contributed by atoms with van der Waals surface area (Å²) in [4.78, 5) is 13.9. The third kappa shape index (κ3) is 4.04. The van der Waals surface area contributed by atoms with Crippen molar-refractivity contribution in [2.75, 3.05) is 18.4 Å². The van der Waals surface area contributed by atoms with Crippen LogP contribution in [0.2, 0.25) is 0 Å². The van der Waals surface area contributed by atoms with Crippen LogP contribution in [0.25, 0.3) is 0 Å². The second-order valence-corrected chi connectivity index (χ2v) is 6.75. The van der Waals surface area contributed by atoms with Gasteiger partial charge in [-0.1, -0.05) is 49.4 Å². The summed E-state index contributed by atoms with van der Waals surface area (Å²) >= 11 is 0. The van der Waals surface area contributed by atoms with E-state index in [4.69, 9.17) is 0 Å². The van der Waals surface area contributed by atoms with Gasteiger partial charge in [-0.3, -0.25) is 9.69 Å². The maximum absolute atomic E-state index is 11.4. The molecule has 1 atom stereocenters. The van der Waals surface area contributed by atoms with Crippen molar-refractivity contribution in [3.05, 3.63) is 65.2 Å². The zero-order valence-electron chi connectivity index (χ0n) is 14.6. The summed E-state index contributed by atoms with van der Waals surface area (Å²) in [5.74, 6) is 0.584. The Balaban J connectivity index is 1.60. The molecule has 0 fully saturated rings. The first-order valence-electron chi connectivity index (χ1n) is 8.79. The Labute approximate surface area is 144 Å². The number of carbonyl (C=O) groups is 1. The van der Waals surface area contributed by atoms with Crippen LogP contribution < -0.4 is 5.32 Å². The lowest BCUT2D eigenvalue weighted by atomic mass is 9.95. The molecule has 0 aliphatic carbocycles. The standard InChI is InChI=1S/C21H26N2O/c1-16(18-7-4-3-5-8-18)11-13-23-14-12-20-19(15-23)9-6-10-21(20)22-17(2)24/h3-10,16H,11-15H2,1-2H3,(H,22,24). The van der Waals surface area contributed by atoms with Gasteiger partial charge in [-0.15, -0.1) is 0 Å². The smallest absolute Gasteiger partial charge is 0.221 e. The molecule has 1 heterocycles. The molecule has 0 saturated heterocycles. The zero-order valence-corrected chi connectivity index (χ0v) is 14.6. The lowest BCUT2D eigenvalue weighted by Gasteiger charge is -2.30. The molecule has 1 amide bonds.